The fraction of sp³-hybridized carbons (Fsp3) is 0.286. The molecule has 4 rings (SSSR count). The third-order valence-corrected chi connectivity index (χ3v) is 5.06. The molecule has 29 heavy (non-hydrogen) atoms. The summed E-state index contributed by atoms with van der Waals surface area (Å²) in [5, 5.41) is 20.4. The lowest BCUT2D eigenvalue weighted by Gasteiger charge is -2.23. The molecule has 1 aromatic carbocycles. The first-order valence-electron chi connectivity index (χ1n) is 9.38. The Morgan fingerprint density at radius 3 is 2.97 bits per heavy atom. The lowest BCUT2D eigenvalue weighted by Crippen LogP contribution is -2.31. The molecule has 1 amide bonds. The Hall–Kier alpha value is -3.73. The van der Waals surface area contributed by atoms with E-state index in [1.54, 1.807) is 30.5 Å². The third-order valence-electron chi connectivity index (χ3n) is 5.06. The average Bonchev–Trinajstić information content (AvgIpc) is 3.10. The van der Waals surface area contributed by atoms with Gasteiger partial charge >= 0.3 is 0 Å². The second-order valence-corrected chi connectivity index (χ2v) is 7.05. The number of amides is 1. The molecule has 1 aliphatic rings. The Balaban J connectivity index is 1.45. The van der Waals surface area contributed by atoms with E-state index >= 15 is 0 Å². The second kappa shape index (κ2) is 7.72. The molecule has 8 nitrogen and oxygen atoms in total. The minimum absolute atomic E-state index is 0.0167. The molecule has 1 unspecified atom stereocenters. The van der Waals surface area contributed by atoms with Crippen molar-refractivity contribution in [2.45, 2.75) is 33.2 Å². The Kier molecular flexibility index (Phi) is 4.96. The molecular weight excluding hydrogens is 368 g/mol. The van der Waals surface area contributed by atoms with E-state index in [0.29, 0.717) is 17.9 Å². The quantitative estimate of drug-likeness (QED) is 0.736. The van der Waals surface area contributed by atoms with Crippen LogP contribution in [0.25, 0.3) is 0 Å². The van der Waals surface area contributed by atoms with E-state index in [9.17, 15) is 4.79 Å². The number of ether oxygens (including phenoxy) is 1. The zero-order valence-electron chi connectivity index (χ0n) is 16.2. The molecule has 1 aliphatic heterocycles. The van der Waals surface area contributed by atoms with E-state index < -0.39 is 0 Å². The van der Waals surface area contributed by atoms with Gasteiger partial charge in [0.1, 0.15) is 29.0 Å². The summed E-state index contributed by atoms with van der Waals surface area (Å²) in [6.07, 6.45) is 3.07. The molecule has 0 saturated heterocycles. The molecule has 0 bridgehead atoms. The highest BCUT2D eigenvalue weighted by Gasteiger charge is 2.27. The van der Waals surface area contributed by atoms with Crippen molar-refractivity contribution >= 4 is 11.6 Å². The van der Waals surface area contributed by atoms with Crippen molar-refractivity contribution in [3.63, 3.8) is 0 Å². The number of hydrogen-bond donors (Lipinski definition) is 1. The van der Waals surface area contributed by atoms with Crippen molar-refractivity contribution in [2.24, 2.45) is 5.92 Å². The Bertz CT molecular complexity index is 1110. The highest BCUT2D eigenvalue weighted by molar-refractivity contribution is 5.93. The molecule has 1 N–H and O–H groups in total. The van der Waals surface area contributed by atoms with Crippen LogP contribution in [-0.2, 0) is 17.8 Å². The van der Waals surface area contributed by atoms with Crippen molar-refractivity contribution in [1.82, 2.24) is 19.7 Å². The number of nitrogens with zero attached hydrogens (tertiary/aromatic N) is 5. The fourth-order valence-electron chi connectivity index (χ4n) is 3.42. The van der Waals surface area contributed by atoms with Gasteiger partial charge in [0.2, 0.25) is 11.8 Å². The second-order valence-electron chi connectivity index (χ2n) is 7.05. The van der Waals surface area contributed by atoms with Crippen molar-refractivity contribution < 1.29 is 9.53 Å². The number of anilines is 1. The molecule has 3 aromatic rings. The minimum atomic E-state index is -0.126. The first kappa shape index (κ1) is 18.6. The molecule has 3 heterocycles. The number of fused-ring (bicyclic) bond motifs is 1. The summed E-state index contributed by atoms with van der Waals surface area (Å²) >= 11 is 0. The highest BCUT2D eigenvalue weighted by Crippen LogP contribution is 2.28. The maximum atomic E-state index is 12.8. The van der Waals surface area contributed by atoms with E-state index in [0.717, 1.165) is 35.7 Å². The summed E-state index contributed by atoms with van der Waals surface area (Å²) in [4.78, 5) is 16.9. The van der Waals surface area contributed by atoms with E-state index in [1.165, 1.54) is 0 Å². The van der Waals surface area contributed by atoms with Crippen LogP contribution < -0.4 is 10.1 Å². The summed E-state index contributed by atoms with van der Waals surface area (Å²) in [7, 11) is 0. The molecule has 0 fully saturated rings. The summed E-state index contributed by atoms with van der Waals surface area (Å²) in [5.74, 6) is 2.44. The number of hydrogen-bond acceptors (Lipinski definition) is 6. The largest absolute Gasteiger partial charge is 0.438 e. The number of pyridine rings is 1. The summed E-state index contributed by atoms with van der Waals surface area (Å²) in [6, 6.07) is 10.8. The smallest absolute Gasteiger partial charge is 0.237 e. The zero-order valence-corrected chi connectivity index (χ0v) is 16.2. The minimum Gasteiger partial charge on any atom is -0.438 e. The monoisotopic (exact) mass is 388 g/mol. The molecule has 0 spiro atoms. The molecular formula is C21H20N6O2. The van der Waals surface area contributed by atoms with Gasteiger partial charge in [-0.3, -0.25) is 4.79 Å². The highest BCUT2D eigenvalue weighted by atomic mass is 16.5. The van der Waals surface area contributed by atoms with Gasteiger partial charge in [0, 0.05) is 24.8 Å². The number of nitriles is 1. The van der Waals surface area contributed by atoms with Crippen LogP contribution in [0.5, 0.6) is 11.6 Å². The van der Waals surface area contributed by atoms with Crippen LogP contribution in [0.2, 0.25) is 0 Å². The van der Waals surface area contributed by atoms with Gasteiger partial charge in [0.05, 0.1) is 5.92 Å². The van der Waals surface area contributed by atoms with Gasteiger partial charge in [0.25, 0.3) is 0 Å². The predicted molar refractivity (Wildman–Crippen MR) is 105 cm³/mol. The van der Waals surface area contributed by atoms with E-state index in [4.69, 9.17) is 10.00 Å². The normalized spacial score (nSPS) is 15.3. The third kappa shape index (κ3) is 3.80. The lowest BCUT2D eigenvalue weighted by molar-refractivity contribution is -0.120. The maximum absolute atomic E-state index is 12.8. The Morgan fingerprint density at radius 2 is 2.17 bits per heavy atom. The Labute approximate surface area is 168 Å². The fourth-order valence-corrected chi connectivity index (χ4v) is 3.42. The molecule has 0 aliphatic carbocycles. The van der Waals surface area contributed by atoms with Crippen molar-refractivity contribution in [3.05, 3.63) is 59.3 Å². The van der Waals surface area contributed by atoms with Gasteiger partial charge in [0.15, 0.2) is 0 Å². The predicted octanol–water partition coefficient (Wildman–Crippen LogP) is 3.16. The van der Waals surface area contributed by atoms with Gasteiger partial charge in [-0.25, -0.2) is 4.98 Å². The number of rotatable bonds is 4. The molecule has 2 aromatic heterocycles. The number of aromatic nitrogens is 4. The lowest BCUT2D eigenvalue weighted by atomic mass is 9.98. The molecule has 0 radical (unpaired) electrons. The van der Waals surface area contributed by atoms with Crippen LogP contribution in [0.1, 0.15) is 29.2 Å². The molecule has 1 atom stereocenters. The average molecular weight is 388 g/mol. The van der Waals surface area contributed by atoms with Crippen LogP contribution in [0.15, 0.2) is 36.5 Å². The van der Waals surface area contributed by atoms with Crippen molar-refractivity contribution in [3.8, 4) is 17.7 Å². The first-order valence-corrected chi connectivity index (χ1v) is 9.38. The number of benzene rings is 1. The van der Waals surface area contributed by atoms with Gasteiger partial charge in [-0.2, -0.15) is 5.26 Å². The summed E-state index contributed by atoms with van der Waals surface area (Å²) < 4.78 is 7.75. The van der Waals surface area contributed by atoms with Gasteiger partial charge < -0.3 is 14.6 Å². The number of nitrogens with one attached hydrogen (secondary N) is 1. The van der Waals surface area contributed by atoms with Crippen LogP contribution in [0.3, 0.4) is 0 Å². The van der Waals surface area contributed by atoms with Crippen LogP contribution >= 0.6 is 0 Å². The van der Waals surface area contributed by atoms with Crippen LogP contribution in [0.4, 0.5) is 5.69 Å². The first-order chi connectivity index (χ1) is 14.0. The van der Waals surface area contributed by atoms with Crippen LogP contribution in [0, 0.1) is 31.1 Å². The summed E-state index contributed by atoms with van der Waals surface area (Å²) in [6.45, 7) is 4.39. The SMILES string of the molecule is Cc1cc(Oc2ncccc2C#N)ccc1NC(=O)C1CCc2nnc(C)n2C1. The number of carbonyl (C=O) groups is 1. The van der Waals surface area contributed by atoms with E-state index in [-0.39, 0.29) is 17.7 Å². The molecule has 0 saturated carbocycles. The van der Waals surface area contributed by atoms with Crippen molar-refractivity contribution in [1.29, 1.82) is 5.26 Å². The number of aryl methyl sites for hydroxylation is 3. The van der Waals surface area contributed by atoms with Crippen molar-refractivity contribution in [2.75, 3.05) is 5.32 Å². The summed E-state index contributed by atoms with van der Waals surface area (Å²) in [5.41, 5.74) is 1.96. The Morgan fingerprint density at radius 1 is 1.31 bits per heavy atom. The maximum Gasteiger partial charge on any atom is 0.237 e. The molecule has 146 valence electrons. The van der Waals surface area contributed by atoms with Gasteiger partial charge in [-0.05, 0) is 56.2 Å². The van der Waals surface area contributed by atoms with Gasteiger partial charge in [-0.1, -0.05) is 0 Å². The standard InChI is InChI=1S/C21H20N6O2/c1-13-10-17(29-21-15(11-22)4-3-9-23-21)6-7-18(13)24-20(28)16-5-8-19-26-25-14(2)27(19)12-16/h3-4,6-7,9-10,16H,5,8,12H2,1-2H3,(H,24,28). The zero-order chi connectivity index (χ0) is 20.4. The van der Waals surface area contributed by atoms with E-state index in [1.807, 2.05) is 24.5 Å². The van der Waals surface area contributed by atoms with Gasteiger partial charge in [-0.15, -0.1) is 10.2 Å². The molecule has 8 heteroatoms. The van der Waals surface area contributed by atoms with Crippen LogP contribution in [-0.4, -0.2) is 25.7 Å². The van der Waals surface area contributed by atoms with E-state index in [2.05, 4.69) is 26.6 Å². The topological polar surface area (TPSA) is 106 Å². The number of carbonyl (C=O) groups excluding carboxylic acids is 1.